The van der Waals surface area contributed by atoms with Gasteiger partial charge in [0.15, 0.2) is 0 Å². The largest absolute Gasteiger partial charge is 0.347 e. The monoisotopic (exact) mass is 202 g/mol. The first-order valence-electron chi connectivity index (χ1n) is 5.62. The maximum absolute atomic E-state index is 6.08. The zero-order chi connectivity index (χ0) is 10.8. The molecule has 0 aliphatic heterocycles. The van der Waals surface area contributed by atoms with E-state index >= 15 is 0 Å². The van der Waals surface area contributed by atoms with Crippen molar-refractivity contribution in [2.45, 2.75) is 44.7 Å². The quantitative estimate of drug-likeness (QED) is 0.734. The third kappa shape index (κ3) is 1.80. The van der Waals surface area contributed by atoms with Gasteiger partial charge in [-0.05, 0) is 37.8 Å². The molecule has 2 N–H and O–H groups in total. The second-order valence-electron chi connectivity index (χ2n) is 4.38. The molecule has 0 aromatic carbocycles. The molecule has 2 nitrogen and oxygen atoms in total. The number of hydrogen-bond donors (Lipinski definition) is 1. The summed E-state index contributed by atoms with van der Waals surface area (Å²) in [5.41, 5.74) is 8.80. The van der Waals surface area contributed by atoms with E-state index in [1.165, 1.54) is 17.7 Å². The lowest BCUT2D eigenvalue weighted by atomic mass is 9.93. The van der Waals surface area contributed by atoms with Gasteiger partial charge in [0.1, 0.15) is 0 Å². The van der Waals surface area contributed by atoms with Gasteiger partial charge in [0.2, 0.25) is 0 Å². The van der Waals surface area contributed by atoms with Crippen LogP contribution >= 0.6 is 0 Å². The van der Waals surface area contributed by atoms with Gasteiger partial charge < -0.3 is 10.3 Å². The fourth-order valence-electron chi connectivity index (χ4n) is 2.43. The van der Waals surface area contributed by atoms with Crippen molar-refractivity contribution in [2.24, 2.45) is 5.73 Å². The van der Waals surface area contributed by atoms with Crippen LogP contribution < -0.4 is 5.73 Å². The minimum Gasteiger partial charge on any atom is -0.347 e. The SMILES string of the molecule is C#CCC(C)n1ccc2c1CCCC2N. The molecule has 2 heteroatoms. The standard InChI is InChI=1S/C13H18N2/c1-3-5-10(2)15-9-8-11-12(14)6-4-7-13(11)15/h1,8-10,12H,4-7,14H2,2H3. The second kappa shape index (κ2) is 4.12. The summed E-state index contributed by atoms with van der Waals surface area (Å²) in [7, 11) is 0. The van der Waals surface area contributed by atoms with Crippen molar-refractivity contribution in [3.8, 4) is 12.3 Å². The van der Waals surface area contributed by atoms with Crippen molar-refractivity contribution in [1.29, 1.82) is 0 Å². The molecule has 0 radical (unpaired) electrons. The van der Waals surface area contributed by atoms with E-state index in [-0.39, 0.29) is 6.04 Å². The van der Waals surface area contributed by atoms with E-state index in [2.05, 4.69) is 29.7 Å². The normalized spacial score (nSPS) is 21.8. The Morgan fingerprint density at radius 3 is 3.27 bits per heavy atom. The maximum Gasteiger partial charge on any atom is 0.0414 e. The molecule has 1 aromatic rings. The summed E-state index contributed by atoms with van der Waals surface area (Å²) in [6.07, 6.45) is 11.7. The van der Waals surface area contributed by atoms with E-state index in [9.17, 15) is 0 Å². The summed E-state index contributed by atoms with van der Waals surface area (Å²) in [5.74, 6) is 2.72. The van der Waals surface area contributed by atoms with Gasteiger partial charge in [-0.15, -0.1) is 12.3 Å². The van der Waals surface area contributed by atoms with Gasteiger partial charge >= 0.3 is 0 Å². The van der Waals surface area contributed by atoms with Crippen LogP contribution in [0.5, 0.6) is 0 Å². The van der Waals surface area contributed by atoms with Crippen LogP contribution in [0.15, 0.2) is 12.3 Å². The average Bonchev–Trinajstić information content (AvgIpc) is 2.63. The molecular formula is C13H18N2. The van der Waals surface area contributed by atoms with Crippen molar-refractivity contribution in [1.82, 2.24) is 4.57 Å². The molecule has 0 amide bonds. The van der Waals surface area contributed by atoms with Crippen molar-refractivity contribution in [3.05, 3.63) is 23.5 Å². The molecule has 0 saturated heterocycles. The summed E-state index contributed by atoms with van der Waals surface area (Å²) in [6.45, 7) is 2.17. The molecule has 0 bridgehead atoms. The number of fused-ring (bicyclic) bond motifs is 1. The Labute approximate surface area is 91.5 Å². The summed E-state index contributed by atoms with van der Waals surface area (Å²) in [4.78, 5) is 0. The van der Waals surface area contributed by atoms with Crippen LogP contribution in [0.25, 0.3) is 0 Å². The zero-order valence-electron chi connectivity index (χ0n) is 9.24. The summed E-state index contributed by atoms with van der Waals surface area (Å²) < 4.78 is 2.30. The number of rotatable bonds is 2. The molecule has 2 unspecified atom stereocenters. The van der Waals surface area contributed by atoms with Crippen LogP contribution in [0.1, 0.15) is 49.5 Å². The van der Waals surface area contributed by atoms with Crippen LogP contribution in [0.2, 0.25) is 0 Å². The smallest absolute Gasteiger partial charge is 0.0414 e. The molecule has 2 rings (SSSR count). The Balaban J connectivity index is 2.31. The van der Waals surface area contributed by atoms with Gasteiger partial charge in [-0.2, -0.15) is 0 Å². The summed E-state index contributed by atoms with van der Waals surface area (Å²) >= 11 is 0. The third-order valence-corrected chi connectivity index (χ3v) is 3.28. The molecule has 2 atom stereocenters. The highest BCUT2D eigenvalue weighted by Gasteiger charge is 2.21. The van der Waals surface area contributed by atoms with Crippen LogP contribution in [-0.2, 0) is 6.42 Å². The first-order chi connectivity index (χ1) is 7.24. The average molecular weight is 202 g/mol. The van der Waals surface area contributed by atoms with Gasteiger partial charge in [0.05, 0.1) is 0 Å². The molecule has 15 heavy (non-hydrogen) atoms. The molecule has 1 heterocycles. The predicted molar refractivity (Wildman–Crippen MR) is 62.5 cm³/mol. The minimum atomic E-state index is 0.230. The van der Waals surface area contributed by atoms with Gasteiger partial charge in [-0.3, -0.25) is 0 Å². The minimum absolute atomic E-state index is 0.230. The van der Waals surface area contributed by atoms with E-state index < -0.39 is 0 Å². The lowest BCUT2D eigenvalue weighted by Gasteiger charge is -2.23. The van der Waals surface area contributed by atoms with Crippen molar-refractivity contribution >= 4 is 0 Å². The molecule has 0 fully saturated rings. The molecule has 1 aliphatic rings. The highest BCUT2D eigenvalue weighted by molar-refractivity contribution is 5.29. The molecule has 0 saturated carbocycles. The Kier molecular flexibility index (Phi) is 2.83. The maximum atomic E-state index is 6.08. The summed E-state index contributed by atoms with van der Waals surface area (Å²) in [6, 6.07) is 2.78. The summed E-state index contributed by atoms with van der Waals surface area (Å²) in [5, 5.41) is 0. The molecule has 1 aromatic heterocycles. The highest BCUT2D eigenvalue weighted by atomic mass is 15.0. The van der Waals surface area contributed by atoms with Crippen molar-refractivity contribution < 1.29 is 0 Å². The Hall–Kier alpha value is -1.20. The van der Waals surface area contributed by atoms with Gasteiger partial charge in [0.25, 0.3) is 0 Å². The molecule has 1 aliphatic carbocycles. The van der Waals surface area contributed by atoms with Crippen LogP contribution in [0, 0.1) is 12.3 Å². The highest BCUT2D eigenvalue weighted by Crippen LogP contribution is 2.30. The lowest BCUT2D eigenvalue weighted by Crippen LogP contribution is -2.19. The Bertz CT molecular complexity index is 384. The van der Waals surface area contributed by atoms with Crippen LogP contribution in [0.3, 0.4) is 0 Å². The van der Waals surface area contributed by atoms with E-state index in [1.54, 1.807) is 0 Å². The van der Waals surface area contributed by atoms with Crippen molar-refractivity contribution in [3.63, 3.8) is 0 Å². The first-order valence-corrected chi connectivity index (χ1v) is 5.62. The first kappa shape index (κ1) is 10.3. The topological polar surface area (TPSA) is 30.9 Å². The molecule has 0 spiro atoms. The molecular weight excluding hydrogens is 184 g/mol. The van der Waals surface area contributed by atoms with Gasteiger partial charge in [-0.25, -0.2) is 0 Å². The second-order valence-corrected chi connectivity index (χ2v) is 4.38. The van der Waals surface area contributed by atoms with E-state index in [4.69, 9.17) is 12.2 Å². The van der Waals surface area contributed by atoms with E-state index in [0.29, 0.717) is 6.04 Å². The third-order valence-electron chi connectivity index (χ3n) is 3.28. The van der Waals surface area contributed by atoms with Gasteiger partial charge in [0, 0.05) is 30.4 Å². The zero-order valence-corrected chi connectivity index (χ0v) is 9.24. The number of terminal acetylenes is 1. The Morgan fingerprint density at radius 1 is 1.73 bits per heavy atom. The van der Waals surface area contributed by atoms with E-state index in [0.717, 1.165) is 19.3 Å². The number of nitrogens with zero attached hydrogens (tertiary/aromatic N) is 1. The predicted octanol–water partition coefficient (Wildman–Crippen LogP) is 2.41. The number of hydrogen-bond acceptors (Lipinski definition) is 1. The van der Waals surface area contributed by atoms with E-state index in [1.807, 2.05) is 0 Å². The fourth-order valence-corrected chi connectivity index (χ4v) is 2.43. The fraction of sp³-hybridized carbons (Fsp3) is 0.538. The number of aromatic nitrogens is 1. The Morgan fingerprint density at radius 2 is 2.53 bits per heavy atom. The lowest BCUT2D eigenvalue weighted by molar-refractivity contribution is 0.498. The molecule has 80 valence electrons. The van der Waals surface area contributed by atoms with Crippen LogP contribution in [0.4, 0.5) is 0 Å². The van der Waals surface area contributed by atoms with Gasteiger partial charge in [-0.1, -0.05) is 0 Å². The van der Waals surface area contributed by atoms with Crippen molar-refractivity contribution in [2.75, 3.05) is 0 Å². The van der Waals surface area contributed by atoms with Crippen LogP contribution in [-0.4, -0.2) is 4.57 Å². The number of nitrogens with two attached hydrogens (primary N) is 1.